The van der Waals surface area contributed by atoms with E-state index in [4.69, 9.17) is 5.84 Å². The van der Waals surface area contributed by atoms with Crippen LogP contribution in [-0.4, -0.2) is 22.6 Å². The van der Waals surface area contributed by atoms with E-state index < -0.39 is 0 Å². The SMILES string of the molecule is CCCCN(c1ccnc(NN)n1)C(C)CC. The second-order valence-electron chi connectivity index (χ2n) is 4.19. The molecule has 5 nitrogen and oxygen atoms in total. The molecule has 3 N–H and O–H groups in total. The fraction of sp³-hybridized carbons (Fsp3) is 0.667. The number of hydrogen-bond acceptors (Lipinski definition) is 5. The van der Waals surface area contributed by atoms with Crippen molar-refractivity contribution in [3.63, 3.8) is 0 Å². The van der Waals surface area contributed by atoms with Crippen LogP contribution >= 0.6 is 0 Å². The molecule has 0 amide bonds. The molecule has 0 saturated heterocycles. The largest absolute Gasteiger partial charge is 0.354 e. The summed E-state index contributed by atoms with van der Waals surface area (Å²) in [6.45, 7) is 7.62. The van der Waals surface area contributed by atoms with Crippen LogP contribution in [0.25, 0.3) is 0 Å². The predicted octanol–water partition coefficient (Wildman–Crippen LogP) is 2.17. The Morgan fingerprint density at radius 1 is 1.47 bits per heavy atom. The van der Waals surface area contributed by atoms with Gasteiger partial charge in [0.25, 0.3) is 0 Å². The van der Waals surface area contributed by atoms with Crippen LogP contribution in [0.4, 0.5) is 11.8 Å². The van der Waals surface area contributed by atoms with Crippen molar-refractivity contribution in [2.24, 2.45) is 5.84 Å². The molecule has 96 valence electrons. The Bertz CT molecular complexity index is 328. The molecule has 0 aliphatic heterocycles. The van der Waals surface area contributed by atoms with E-state index in [0.29, 0.717) is 12.0 Å². The summed E-state index contributed by atoms with van der Waals surface area (Å²) < 4.78 is 0. The van der Waals surface area contributed by atoms with E-state index in [1.54, 1.807) is 6.20 Å². The van der Waals surface area contributed by atoms with Crippen LogP contribution in [0.5, 0.6) is 0 Å². The van der Waals surface area contributed by atoms with Crippen LogP contribution in [0, 0.1) is 0 Å². The summed E-state index contributed by atoms with van der Waals surface area (Å²) in [4.78, 5) is 10.7. The summed E-state index contributed by atoms with van der Waals surface area (Å²) in [6.07, 6.45) is 5.18. The number of unbranched alkanes of at least 4 members (excludes halogenated alkanes) is 1. The van der Waals surface area contributed by atoms with E-state index in [1.807, 2.05) is 6.07 Å². The number of hydrogen-bond donors (Lipinski definition) is 2. The first-order chi connectivity index (χ1) is 8.22. The van der Waals surface area contributed by atoms with Crippen LogP contribution < -0.4 is 16.2 Å². The Labute approximate surface area is 103 Å². The number of rotatable bonds is 7. The molecule has 0 spiro atoms. The van der Waals surface area contributed by atoms with Gasteiger partial charge in [-0.2, -0.15) is 4.98 Å². The van der Waals surface area contributed by atoms with Crippen LogP contribution in [0.3, 0.4) is 0 Å². The smallest absolute Gasteiger partial charge is 0.239 e. The minimum atomic E-state index is 0.465. The van der Waals surface area contributed by atoms with Crippen molar-refractivity contribution in [2.75, 3.05) is 16.9 Å². The van der Waals surface area contributed by atoms with Crippen LogP contribution in [0.1, 0.15) is 40.0 Å². The maximum absolute atomic E-state index is 5.33. The standard InChI is InChI=1S/C12H23N5/c1-4-6-9-17(10(3)5-2)11-7-8-14-12(15-11)16-13/h7-8,10H,4-6,9,13H2,1-3H3,(H,14,15,16). The van der Waals surface area contributed by atoms with Crippen LogP contribution in [-0.2, 0) is 0 Å². The number of aromatic nitrogens is 2. The summed E-state index contributed by atoms with van der Waals surface area (Å²) in [6, 6.07) is 2.41. The fourth-order valence-corrected chi connectivity index (χ4v) is 1.69. The van der Waals surface area contributed by atoms with Gasteiger partial charge in [0.1, 0.15) is 5.82 Å². The maximum Gasteiger partial charge on any atom is 0.239 e. The molecular formula is C12H23N5. The Morgan fingerprint density at radius 2 is 2.24 bits per heavy atom. The van der Waals surface area contributed by atoms with E-state index in [-0.39, 0.29) is 0 Å². The monoisotopic (exact) mass is 237 g/mol. The molecule has 0 fully saturated rings. The highest BCUT2D eigenvalue weighted by Crippen LogP contribution is 2.17. The molecule has 0 aliphatic carbocycles. The average molecular weight is 237 g/mol. The molecule has 1 rings (SSSR count). The molecule has 1 aromatic heterocycles. The second kappa shape index (κ2) is 7.06. The van der Waals surface area contributed by atoms with Gasteiger partial charge in [-0.05, 0) is 25.8 Å². The van der Waals surface area contributed by atoms with E-state index >= 15 is 0 Å². The van der Waals surface area contributed by atoms with E-state index in [0.717, 1.165) is 18.8 Å². The molecule has 1 aromatic rings. The van der Waals surface area contributed by atoms with Crippen molar-refractivity contribution < 1.29 is 0 Å². The second-order valence-corrected chi connectivity index (χ2v) is 4.19. The predicted molar refractivity (Wildman–Crippen MR) is 71.8 cm³/mol. The van der Waals surface area contributed by atoms with Crippen molar-refractivity contribution in [1.82, 2.24) is 9.97 Å². The molecule has 5 heteroatoms. The normalized spacial score (nSPS) is 12.2. The Hall–Kier alpha value is -1.36. The molecule has 17 heavy (non-hydrogen) atoms. The number of nitrogens with one attached hydrogen (secondary N) is 1. The fourth-order valence-electron chi connectivity index (χ4n) is 1.69. The summed E-state index contributed by atoms with van der Waals surface area (Å²) in [5, 5.41) is 0. The quantitative estimate of drug-likeness (QED) is 0.562. The third kappa shape index (κ3) is 3.85. The maximum atomic E-state index is 5.33. The minimum absolute atomic E-state index is 0.465. The van der Waals surface area contributed by atoms with Crippen LogP contribution in [0.15, 0.2) is 12.3 Å². The van der Waals surface area contributed by atoms with Gasteiger partial charge < -0.3 is 4.90 Å². The number of hydrazine groups is 1. The van der Waals surface area contributed by atoms with Gasteiger partial charge in [-0.1, -0.05) is 20.3 Å². The molecule has 1 unspecified atom stereocenters. The number of nitrogens with two attached hydrogens (primary N) is 1. The topological polar surface area (TPSA) is 67.1 Å². The van der Waals surface area contributed by atoms with Crippen molar-refractivity contribution in [3.8, 4) is 0 Å². The van der Waals surface area contributed by atoms with Crippen molar-refractivity contribution in [3.05, 3.63) is 12.3 Å². The summed E-state index contributed by atoms with van der Waals surface area (Å²) in [5.74, 6) is 6.74. The van der Waals surface area contributed by atoms with Gasteiger partial charge in [0.15, 0.2) is 0 Å². The lowest BCUT2D eigenvalue weighted by Gasteiger charge is -2.29. The van der Waals surface area contributed by atoms with Gasteiger partial charge in [-0.3, -0.25) is 5.43 Å². The number of nitrogen functional groups attached to an aromatic ring is 1. The van der Waals surface area contributed by atoms with E-state index in [1.165, 1.54) is 12.8 Å². The van der Waals surface area contributed by atoms with Crippen molar-refractivity contribution in [2.45, 2.75) is 46.1 Å². The molecule has 0 aromatic carbocycles. The zero-order valence-corrected chi connectivity index (χ0v) is 11.0. The van der Waals surface area contributed by atoms with Gasteiger partial charge in [0.2, 0.25) is 5.95 Å². The number of nitrogens with zero attached hydrogens (tertiary/aromatic N) is 3. The minimum Gasteiger partial charge on any atom is -0.354 e. The first-order valence-electron chi connectivity index (χ1n) is 6.29. The van der Waals surface area contributed by atoms with E-state index in [9.17, 15) is 0 Å². The highest BCUT2D eigenvalue weighted by atomic mass is 15.3. The van der Waals surface area contributed by atoms with Gasteiger partial charge >= 0.3 is 0 Å². The highest BCUT2D eigenvalue weighted by Gasteiger charge is 2.14. The number of anilines is 2. The Kier molecular flexibility index (Phi) is 5.69. The molecular weight excluding hydrogens is 214 g/mol. The lowest BCUT2D eigenvalue weighted by molar-refractivity contribution is 0.589. The van der Waals surface area contributed by atoms with Crippen LogP contribution in [0.2, 0.25) is 0 Å². The Morgan fingerprint density at radius 3 is 2.82 bits per heavy atom. The van der Waals surface area contributed by atoms with Gasteiger partial charge in [0, 0.05) is 18.8 Å². The lowest BCUT2D eigenvalue weighted by Crippen LogP contribution is -2.34. The third-order valence-corrected chi connectivity index (χ3v) is 2.94. The zero-order valence-electron chi connectivity index (χ0n) is 11.0. The lowest BCUT2D eigenvalue weighted by atomic mass is 10.2. The summed E-state index contributed by atoms with van der Waals surface area (Å²) >= 11 is 0. The zero-order chi connectivity index (χ0) is 12.7. The van der Waals surface area contributed by atoms with Crippen molar-refractivity contribution >= 4 is 11.8 Å². The molecule has 1 heterocycles. The van der Waals surface area contributed by atoms with Gasteiger partial charge in [-0.25, -0.2) is 10.8 Å². The summed E-state index contributed by atoms with van der Waals surface area (Å²) in [5.41, 5.74) is 2.49. The highest BCUT2D eigenvalue weighted by molar-refractivity contribution is 5.42. The first kappa shape index (κ1) is 13.7. The molecule has 1 atom stereocenters. The Balaban J connectivity index is 2.86. The first-order valence-corrected chi connectivity index (χ1v) is 6.29. The van der Waals surface area contributed by atoms with E-state index in [2.05, 4.69) is 41.1 Å². The molecule has 0 aliphatic rings. The summed E-state index contributed by atoms with van der Waals surface area (Å²) in [7, 11) is 0. The van der Waals surface area contributed by atoms with Gasteiger partial charge in [0.05, 0.1) is 0 Å². The molecule has 0 bridgehead atoms. The van der Waals surface area contributed by atoms with Crippen molar-refractivity contribution in [1.29, 1.82) is 0 Å². The third-order valence-electron chi connectivity index (χ3n) is 2.94. The molecule has 0 saturated carbocycles. The average Bonchev–Trinajstić information content (AvgIpc) is 2.39. The van der Waals surface area contributed by atoms with Gasteiger partial charge in [-0.15, -0.1) is 0 Å². The molecule has 0 radical (unpaired) electrons.